The number of carboxylic acids is 1. The average Bonchev–Trinajstić information content (AvgIpc) is 3.07. The fourth-order valence-electron chi connectivity index (χ4n) is 4.68. The van der Waals surface area contributed by atoms with Crippen LogP contribution in [-0.4, -0.2) is 58.5 Å². The molecule has 6 nitrogen and oxygen atoms in total. The van der Waals surface area contributed by atoms with Gasteiger partial charge in [0.2, 0.25) is 0 Å². The predicted octanol–water partition coefficient (Wildman–Crippen LogP) is 4.13. The summed E-state index contributed by atoms with van der Waals surface area (Å²) in [5.41, 5.74) is 5.90. The van der Waals surface area contributed by atoms with E-state index in [1.165, 1.54) is 0 Å². The van der Waals surface area contributed by atoms with Crippen LogP contribution >= 0.6 is 11.6 Å². The topological polar surface area (TPSA) is 79.8 Å². The van der Waals surface area contributed by atoms with Gasteiger partial charge in [-0.25, -0.2) is 4.79 Å². The molecule has 1 fully saturated rings. The first-order valence-corrected chi connectivity index (χ1v) is 10.9. The van der Waals surface area contributed by atoms with Gasteiger partial charge in [0.05, 0.1) is 10.7 Å². The highest BCUT2D eigenvalue weighted by Crippen LogP contribution is 2.31. The first-order chi connectivity index (χ1) is 14.8. The maximum absolute atomic E-state index is 11.9. The quantitative estimate of drug-likeness (QED) is 0.554. The number of aromatic nitrogens is 1. The van der Waals surface area contributed by atoms with Gasteiger partial charge in [-0.05, 0) is 49.6 Å². The molecule has 0 bridgehead atoms. The number of carbonyl (C=O) groups is 1. The Morgan fingerprint density at radius 3 is 2.48 bits per heavy atom. The average molecular weight is 442 g/mol. The molecule has 1 unspecified atom stereocenters. The van der Waals surface area contributed by atoms with Crippen molar-refractivity contribution < 1.29 is 15.0 Å². The van der Waals surface area contributed by atoms with E-state index >= 15 is 0 Å². The Morgan fingerprint density at radius 1 is 1.13 bits per heavy atom. The second-order valence-corrected chi connectivity index (χ2v) is 8.81. The third-order valence-corrected chi connectivity index (χ3v) is 6.50. The van der Waals surface area contributed by atoms with Crippen LogP contribution in [0.3, 0.4) is 0 Å². The van der Waals surface area contributed by atoms with Gasteiger partial charge in [-0.3, -0.25) is 4.90 Å². The van der Waals surface area contributed by atoms with Crippen molar-refractivity contribution >= 4 is 34.2 Å². The molecule has 0 saturated carbocycles. The molecule has 1 saturated heterocycles. The zero-order valence-electron chi connectivity index (χ0n) is 18.1. The van der Waals surface area contributed by atoms with E-state index in [1.54, 1.807) is 0 Å². The van der Waals surface area contributed by atoms with Gasteiger partial charge >= 0.3 is 5.97 Å². The summed E-state index contributed by atoms with van der Waals surface area (Å²) >= 11 is 6.42. The van der Waals surface area contributed by atoms with Crippen molar-refractivity contribution in [1.82, 2.24) is 9.88 Å². The number of carboxylic acid groups (broad SMARTS) is 1. The van der Waals surface area contributed by atoms with Crippen molar-refractivity contribution in [3.05, 3.63) is 63.3 Å². The molecule has 31 heavy (non-hydrogen) atoms. The lowest BCUT2D eigenvalue weighted by molar-refractivity contribution is 0.00116. The molecule has 0 aliphatic carbocycles. The van der Waals surface area contributed by atoms with Crippen molar-refractivity contribution in [3.8, 4) is 0 Å². The van der Waals surface area contributed by atoms with Crippen LogP contribution in [-0.2, 0) is 6.42 Å². The first kappa shape index (κ1) is 21.7. The van der Waals surface area contributed by atoms with Gasteiger partial charge in [-0.1, -0.05) is 35.4 Å². The number of para-hydroxylation sites is 1. The maximum Gasteiger partial charge on any atom is 0.352 e. The second kappa shape index (κ2) is 8.54. The molecule has 0 spiro atoms. The number of aryl methyl sites for hydroxylation is 3. The minimum absolute atomic E-state index is 0.160. The van der Waals surface area contributed by atoms with Crippen molar-refractivity contribution in [2.24, 2.45) is 0 Å². The number of nitrogens with one attached hydrogen (secondary N) is 1. The molecular weight excluding hydrogens is 414 g/mol. The standard InChI is InChI=1S/C24H28ClN3O3/c1-14-11-16(3)21-17(12-14)18(22(26-21)24(30)31)13-20(29)27-7-9-28(10-8-27)23-15(2)5-4-6-19(23)25/h4-6,11-12,20,26,29H,7-10,13H2,1-3H3,(H,30,31). The summed E-state index contributed by atoms with van der Waals surface area (Å²) in [5, 5.41) is 22.3. The van der Waals surface area contributed by atoms with E-state index in [-0.39, 0.29) is 12.1 Å². The highest BCUT2D eigenvalue weighted by molar-refractivity contribution is 6.33. The summed E-state index contributed by atoms with van der Waals surface area (Å²) in [6, 6.07) is 9.92. The molecule has 1 aliphatic heterocycles. The Balaban J connectivity index is 1.53. The third-order valence-electron chi connectivity index (χ3n) is 6.20. The zero-order chi connectivity index (χ0) is 22.3. The number of halogens is 1. The Labute approximate surface area is 187 Å². The Morgan fingerprint density at radius 2 is 1.84 bits per heavy atom. The molecule has 1 aliphatic rings. The summed E-state index contributed by atoms with van der Waals surface area (Å²) in [5.74, 6) is -1.01. The smallest absolute Gasteiger partial charge is 0.352 e. The predicted molar refractivity (Wildman–Crippen MR) is 124 cm³/mol. The van der Waals surface area contributed by atoms with E-state index in [0.717, 1.165) is 51.4 Å². The number of aliphatic hydroxyl groups excluding tert-OH is 1. The van der Waals surface area contributed by atoms with E-state index in [0.29, 0.717) is 18.7 Å². The van der Waals surface area contributed by atoms with Gasteiger partial charge < -0.3 is 20.1 Å². The minimum Gasteiger partial charge on any atom is -0.477 e. The number of aromatic amines is 1. The van der Waals surface area contributed by atoms with Crippen molar-refractivity contribution in [1.29, 1.82) is 0 Å². The zero-order valence-corrected chi connectivity index (χ0v) is 18.8. The monoisotopic (exact) mass is 441 g/mol. The second-order valence-electron chi connectivity index (χ2n) is 8.40. The van der Waals surface area contributed by atoms with Crippen molar-refractivity contribution in [3.63, 3.8) is 0 Å². The van der Waals surface area contributed by atoms with Gasteiger partial charge in [-0.15, -0.1) is 0 Å². The number of hydrogen-bond acceptors (Lipinski definition) is 4. The summed E-state index contributed by atoms with van der Waals surface area (Å²) in [6.45, 7) is 8.86. The van der Waals surface area contributed by atoms with Crippen molar-refractivity contribution in [2.75, 3.05) is 31.1 Å². The Bertz CT molecular complexity index is 1110. The molecule has 0 radical (unpaired) electrons. The summed E-state index contributed by atoms with van der Waals surface area (Å²) in [6.07, 6.45) is -0.497. The number of anilines is 1. The fourth-order valence-corrected chi connectivity index (χ4v) is 5.02. The van der Waals surface area contributed by atoms with Crippen LogP contribution in [0.4, 0.5) is 5.69 Å². The normalized spacial score (nSPS) is 16.1. The SMILES string of the molecule is Cc1cc(C)c2[nH]c(C(=O)O)c(CC(O)N3CCN(c4c(C)cccc4Cl)CC3)c2c1. The third kappa shape index (κ3) is 4.15. The number of piperazine rings is 1. The van der Waals surface area contributed by atoms with E-state index in [1.807, 2.05) is 43.0 Å². The van der Waals surface area contributed by atoms with Crippen LogP contribution in [0.2, 0.25) is 5.02 Å². The van der Waals surface area contributed by atoms with Crippen LogP contribution in [0.15, 0.2) is 30.3 Å². The van der Waals surface area contributed by atoms with Gasteiger partial charge in [0.25, 0.3) is 0 Å². The number of nitrogens with zero attached hydrogens (tertiary/aromatic N) is 2. The fraction of sp³-hybridized carbons (Fsp3) is 0.375. The van der Waals surface area contributed by atoms with Gasteiger partial charge in [0.15, 0.2) is 0 Å². The molecule has 2 heterocycles. The number of rotatable bonds is 5. The lowest BCUT2D eigenvalue weighted by atomic mass is 10.0. The van der Waals surface area contributed by atoms with Crippen LogP contribution in [0.25, 0.3) is 10.9 Å². The number of H-pyrrole nitrogens is 1. The van der Waals surface area contributed by atoms with Gasteiger partial charge in [0.1, 0.15) is 11.9 Å². The van der Waals surface area contributed by atoms with Gasteiger partial charge in [-0.2, -0.15) is 0 Å². The highest BCUT2D eigenvalue weighted by Gasteiger charge is 2.27. The summed E-state index contributed by atoms with van der Waals surface area (Å²) in [7, 11) is 0. The molecule has 7 heteroatoms. The van der Waals surface area contributed by atoms with Crippen LogP contribution < -0.4 is 4.90 Å². The van der Waals surface area contributed by atoms with E-state index < -0.39 is 12.2 Å². The molecule has 3 N–H and O–H groups in total. The molecular formula is C24H28ClN3O3. The van der Waals surface area contributed by atoms with E-state index in [4.69, 9.17) is 11.6 Å². The lowest BCUT2D eigenvalue weighted by Gasteiger charge is -2.39. The molecule has 164 valence electrons. The maximum atomic E-state index is 11.9. The summed E-state index contributed by atoms with van der Waals surface area (Å²) in [4.78, 5) is 19.2. The minimum atomic E-state index is -1.01. The largest absolute Gasteiger partial charge is 0.477 e. The molecule has 1 atom stereocenters. The number of hydrogen-bond donors (Lipinski definition) is 3. The first-order valence-electron chi connectivity index (χ1n) is 10.5. The molecule has 0 amide bonds. The molecule has 4 rings (SSSR count). The van der Waals surface area contributed by atoms with Crippen LogP contribution in [0.5, 0.6) is 0 Å². The molecule has 2 aromatic carbocycles. The number of fused-ring (bicyclic) bond motifs is 1. The molecule has 1 aromatic heterocycles. The van der Waals surface area contributed by atoms with E-state index in [9.17, 15) is 15.0 Å². The number of aliphatic hydroxyl groups is 1. The number of benzene rings is 2. The highest BCUT2D eigenvalue weighted by atomic mass is 35.5. The Hall–Kier alpha value is -2.54. The van der Waals surface area contributed by atoms with E-state index in [2.05, 4.69) is 22.9 Å². The lowest BCUT2D eigenvalue weighted by Crippen LogP contribution is -2.51. The van der Waals surface area contributed by atoms with Crippen LogP contribution in [0, 0.1) is 20.8 Å². The van der Waals surface area contributed by atoms with Crippen LogP contribution in [0.1, 0.15) is 32.7 Å². The van der Waals surface area contributed by atoms with Crippen molar-refractivity contribution in [2.45, 2.75) is 33.4 Å². The Kier molecular flexibility index (Phi) is 5.97. The summed E-state index contributed by atoms with van der Waals surface area (Å²) < 4.78 is 0. The van der Waals surface area contributed by atoms with Gasteiger partial charge in [0, 0.05) is 43.5 Å². The molecule has 3 aromatic rings. The number of aromatic carboxylic acids is 1.